The van der Waals surface area contributed by atoms with Crippen LogP contribution in [0.2, 0.25) is 0 Å². The second kappa shape index (κ2) is 6.74. The molecule has 3 amide bonds. The van der Waals surface area contributed by atoms with Crippen molar-refractivity contribution >= 4 is 39.5 Å². The average molecular weight is 411 g/mol. The van der Waals surface area contributed by atoms with Gasteiger partial charge in [-0.05, 0) is 36.5 Å². The van der Waals surface area contributed by atoms with E-state index in [0.717, 1.165) is 22.7 Å². The molecule has 31 heavy (non-hydrogen) atoms. The third-order valence-electron chi connectivity index (χ3n) is 6.97. The molecule has 1 saturated carbocycles. The fourth-order valence-corrected chi connectivity index (χ4v) is 5.55. The van der Waals surface area contributed by atoms with Gasteiger partial charge >= 0.3 is 0 Å². The number of allylic oxidation sites excluding steroid dienone is 2. The number of rotatable bonds is 4. The first kappa shape index (κ1) is 18.2. The third kappa shape index (κ3) is 2.71. The summed E-state index contributed by atoms with van der Waals surface area (Å²) in [5.41, 5.74) is 1.96. The van der Waals surface area contributed by atoms with Crippen LogP contribution in [0.4, 0.5) is 0 Å². The molecular weight excluding hydrogens is 390 g/mol. The summed E-state index contributed by atoms with van der Waals surface area (Å²) in [4.78, 5) is 44.5. The van der Waals surface area contributed by atoms with Crippen molar-refractivity contribution in [3.8, 4) is 0 Å². The monoisotopic (exact) mass is 411 g/mol. The molecule has 2 bridgehead atoms. The maximum absolute atomic E-state index is 12.9. The smallest absolute Gasteiger partial charge is 0.253 e. The van der Waals surface area contributed by atoms with E-state index in [1.807, 2.05) is 42.5 Å². The van der Waals surface area contributed by atoms with Crippen LogP contribution in [0.3, 0.4) is 0 Å². The number of aromatic nitrogens is 1. The normalized spacial score (nSPS) is 26.3. The van der Waals surface area contributed by atoms with Gasteiger partial charge in [0.05, 0.1) is 28.4 Å². The molecule has 1 aromatic heterocycles. The van der Waals surface area contributed by atoms with Gasteiger partial charge in [0, 0.05) is 23.9 Å². The zero-order valence-electron chi connectivity index (χ0n) is 16.8. The number of imide groups is 1. The highest BCUT2D eigenvalue weighted by Gasteiger charge is 2.58. The van der Waals surface area contributed by atoms with Gasteiger partial charge in [-0.2, -0.15) is 0 Å². The summed E-state index contributed by atoms with van der Waals surface area (Å²) >= 11 is 0. The number of carbonyl (C=O) groups is 3. The standard InChI is InChI=1S/C25H21N3O3/c29-23(18-6-3-5-17-12-14-4-1-2-7-19(14)27-22(17)18)26-10-11-28-24(30)20-15-8-9-16(13-15)21(20)25(28)31/h1-9,12,15-16,20-21H,10-11,13H2,(H,26,29)/t15-,16+,20-,21+. The maximum atomic E-state index is 12.9. The number of amides is 3. The minimum Gasteiger partial charge on any atom is -0.350 e. The summed E-state index contributed by atoms with van der Waals surface area (Å²) in [7, 11) is 0. The van der Waals surface area contributed by atoms with Crippen molar-refractivity contribution in [2.45, 2.75) is 6.42 Å². The maximum Gasteiger partial charge on any atom is 0.253 e. The van der Waals surface area contributed by atoms with E-state index in [0.29, 0.717) is 11.1 Å². The van der Waals surface area contributed by atoms with Crippen LogP contribution in [-0.2, 0) is 9.59 Å². The largest absolute Gasteiger partial charge is 0.350 e. The van der Waals surface area contributed by atoms with E-state index in [9.17, 15) is 14.4 Å². The zero-order valence-corrected chi connectivity index (χ0v) is 16.8. The van der Waals surface area contributed by atoms with Crippen molar-refractivity contribution in [3.63, 3.8) is 0 Å². The predicted molar refractivity (Wildman–Crippen MR) is 116 cm³/mol. The van der Waals surface area contributed by atoms with Gasteiger partial charge in [0.1, 0.15) is 0 Å². The van der Waals surface area contributed by atoms with E-state index in [4.69, 9.17) is 0 Å². The molecule has 0 spiro atoms. The molecule has 6 rings (SSSR count). The highest BCUT2D eigenvalue weighted by Crippen LogP contribution is 2.52. The molecule has 2 aliphatic carbocycles. The molecule has 2 fully saturated rings. The molecule has 2 heterocycles. The molecular formula is C25H21N3O3. The van der Waals surface area contributed by atoms with Gasteiger partial charge in [0.15, 0.2) is 0 Å². The van der Waals surface area contributed by atoms with Crippen LogP contribution < -0.4 is 5.32 Å². The van der Waals surface area contributed by atoms with Gasteiger partial charge in [-0.1, -0.05) is 42.5 Å². The molecule has 154 valence electrons. The van der Waals surface area contributed by atoms with Gasteiger partial charge in [-0.15, -0.1) is 0 Å². The molecule has 0 radical (unpaired) electrons. The van der Waals surface area contributed by atoms with Gasteiger partial charge < -0.3 is 5.32 Å². The van der Waals surface area contributed by atoms with Crippen molar-refractivity contribution in [2.24, 2.45) is 23.7 Å². The molecule has 1 aliphatic heterocycles. The van der Waals surface area contributed by atoms with E-state index >= 15 is 0 Å². The van der Waals surface area contributed by atoms with Crippen molar-refractivity contribution in [1.29, 1.82) is 0 Å². The lowest BCUT2D eigenvalue weighted by Crippen LogP contribution is -2.39. The Morgan fingerprint density at radius 1 is 0.968 bits per heavy atom. The first-order valence-corrected chi connectivity index (χ1v) is 10.7. The van der Waals surface area contributed by atoms with Crippen LogP contribution in [0.25, 0.3) is 21.8 Å². The van der Waals surface area contributed by atoms with Crippen molar-refractivity contribution in [3.05, 3.63) is 66.2 Å². The van der Waals surface area contributed by atoms with Crippen LogP contribution in [0, 0.1) is 23.7 Å². The molecule has 1 N–H and O–H groups in total. The number of carbonyl (C=O) groups excluding carboxylic acids is 3. The summed E-state index contributed by atoms with van der Waals surface area (Å²) < 4.78 is 0. The third-order valence-corrected chi connectivity index (χ3v) is 6.97. The average Bonchev–Trinajstić information content (AvgIpc) is 3.47. The highest BCUT2D eigenvalue weighted by atomic mass is 16.2. The van der Waals surface area contributed by atoms with Crippen LogP contribution >= 0.6 is 0 Å². The summed E-state index contributed by atoms with van der Waals surface area (Å²) in [5, 5.41) is 4.79. The number of para-hydroxylation sites is 2. The fraction of sp³-hybridized carbons (Fsp3) is 0.280. The van der Waals surface area contributed by atoms with E-state index in [-0.39, 0.29) is 54.5 Å². The number of benzene rings is 2. The quantitative estimate of drug-likeness (QED) is 0.407. The van der Waals surface area contributed by atoms with Crippen LogP contribution in [-0.4, -0.2) is 40.7 Å². The van der Waals surface area contributed by atoms with Gasteiger partial charge in [-0.25, -0.2) is 4.98 Å². The topological polar surface area (TPSA) is 79.4 Å². The predicted octanol–water partition coefficient (Wildman–Crippen LogP) is 2.92. The molecule has 0 unspecified atom stereocenters. The summed E-state index contributed by atoms with van der Waals surface area (Å²) in [5.74, 6) is -0.430. The van der Waals surface area contributed by atoms with Crippen molar-refractivity contribution in [2.75, 3.05) is 13.1 Å². The molecule has 3 aromatic rings. The van der Waals surface area contributed by atoms with Gasteiger partial charge in [-0.3, -0.25) is 19.3 Å². The Morgan fingerprint density at radius 3 is 2.45 bits per heavy atom. The first-order chi connectivity index (χ1) is 15.1. The second-order valence-electron chi connectivity index (χ2n) is 8.64. The lowest BCUT2D eigenvalue weighted by Gasteiger charge is -2.17. The fourth-order valence-electron chi connectivity index (χ4n) is 5.55. The van der Waals surface area contributed by atoms with E-state index in [2.05, 4.69) is 22.5 Å². The number of hydrogen-bond acceptors (Lipinski definition) is 4. The van der Waals surface area contributed by atoms with Crippen LogP contribution in [0.15, 0.2) is 60.7 Å². The molecule has 6 heteroatoms. The molecule has 4 atom stereocenters. The van der Waals surface area contributed by atoms with Crippen molar-refractivity contribution in [1.82, 2.24) is 15.2 Å². The highest BCUT2D eigenvalue weighted by molar-refractivity contribution is 6.08. The Kier molecular flexibility index (Phi) is 3.96. The molecule has 1 saturated heterocycles. The Morgan fingerprint density at radius 2 is 1.68 bits per heavy atom. The number of pyridine rings is 1. The summed E-state index contributed by atoms with van der Waals surface area (Å²) in [6.07, 6.45) is 5.08. The Balaban J connectivity index is 1.18. The summed E-state index contributed by atoms with van der Waals surface area (Å²) in [6.45, 7) is 0.430. The second-order valence-corrected chi connectivity index (χ2v) is 8.64. The first-order valence-electron chi connectivity index (χ1n) is 10.7. The molecule has 3 aliphatic rings. The van der Waals surface area contributed by atoms with E-state index in [1.165, 1.54) is 4.90 Å². The molecule has 6 nitrogen and oxygen atoms in total. The molecule has 2 aromatic carbocycles. The van der Waals surface area contributed by atoms with E-state index in [1.54, 1.807) is 6.07 Å². The number of likely N-dealkylation sites (tertiary alicyclic amines) is 1. The number of nitrogens with zero attached hydrogens (tertiary/aromatic N) is 2. The van der Waals surface area contributed by atoms with Crippen LogP contribution in [0.1, 0.15) is 16.8 Å². The summed E-state index contributed by atoms with van der Waals surface area (Å²) in [6, 6.07) is 15.4. The van der Waals surface area contributed by atoms with Crippen molar-refractivity contribution < 1.29 is 14.4 Å². The SMILES string of the molecule is O=C(NCCN1C(=O)[C@@H]2[C@H](C1=O)[C@@H]1C=C[C@H]2C1)c1cccc2cc3ccccc3nc12. The Bertz CT molecular complexity index is 1270. The lowest BCUT2D eigenvalue weighted by atomic mass is 9.85. The lowest BCUT2D eigenvalue weighted by molar-refractivity contribution is -0.140. The number of fused-ring (bicyclic) bond motifs is 7. The van der Waals surface area contributed by atoms with Gasteiger partial charge in [0.25, 0.3) is 5.91 Å². The number of nitrogens with one attached hydrogen (secondary N) is 1. The van der Waals surface area contributed by atoms with Crippen LogP contribution in [0.5, 0.6) is 0 Å². The Labute approximate surface area is 178 Å². The Hall–Kier alpha value is -3.54. The minimum absolute atomic E-state index is 0.0839. The minimum atomic E-state index is -0.255. The van der Waals surface area contributed by atoms with E-state index < -0.39 is 0 Å². The number of hydrogen-bond donors (Lipinski definition) is 1. The van der Waals surface area contributed by atoms with Gasteiger partial charge in [0.2, 0.25) is 11.8 Å². The zero-order chi connectivity index (χ0) is 21.1.